The highest BCUT2D eigenvalue weighted by atomic mass is 16.5. The lowest BCUT2D eigenvalue weighted by Gasteiger charge is -2.14. The second-order valence-electron chi connectivity index (χ2n) is 4.35. The molecule has 2 rings (SSSR count). The molecule has 0 spiro atoms. The molecule has 0 saturated carbocycles. The average molecular weight is 275 g/mol. The summed E-state index contributed by atoms with van der Waals surface area (Å²) in [4.78, 5) is 20.4. The van der Waals surface area contributed by atoms with Crippen molar-refractivity contribution in [1.29, 1.82) is 0 Å². The van der Waals surface area contributed by atoms with E-state index in [1.165, 1.54) is 6.20 Å². The Balaban J connectivity index is 2.46. The lowest BCUT2D eigenvalue weighted by atomic mass is 10.1. The van der Waals surface area contributed by atoms with Gasteiger partial charge in [0.15, 0.2) is 5.65 Å². The van der Waals surface area contributed by atoms with E-state index in [4.69, 9.17) is 9.84 Å². The number of esters is 1. The SMILES string of the molecule is CCNc1c(C(=O)O[C@@H](C)CO)cnc2ncccc12. The summed E-state index contributed by atoms with van der Waals surface area (Å²) < 4.78 is 5.13. The number of rotatable bonds is 5. The summed E-state index contributed by atoms with van der Waals surface area (Å²) in [5, 5.41) is 12.9. The average Bonchev–Trinajstić information content (AvgIpc) is 2.47. The van der Waals surface area contributed by atoms with Gasteiger partial charge in [-0.3, -0.25) is 0 Å². The van der Waals surface area contributed by atoms with Crippen molar-refractivity contribution in [3.05, 3.63) is 30.1 Å². The Labute approximate surface area is 116 Å². The van der Waals surface area contributed by atoms with E-state index in [0.29, 0.717) is 23.4 Å². The predicted octanol–water partition coefficient (Wildman–Crippen LogP) is 1.60. The van der Waals surface area contributed by atoms with Crippen LogP contribution in [0.4, 0.5) is 5.69 Å². The minimum Gasteiger partial charge on any atom is -0.457 e. The Bertz CT molecular complexity index is 616. The predicted molar refractivity (Wildman–Crippen MR) is 75.7 cm³/mol. The zero-order valence-electron chi connectivity index (χ0n) is 11.5. The molecule has 2 heterocycles. The van der Waals surface area contributed by atoms with Gasteiger partial charge in [0.25, 0.3) is 0 Å². The fourth-order valence-electron chi connectivity index (χ4n) is 1.84. The molecule has 106 valence electrons. The highest BCUT2D eigenvalue weighted by molar-refractivity contribution is 6.04. The zero-order chi connectivity index (χ0) is 14.5. The van der Waals surface area contributed by atoms with Gasteiger partial charge in [0.05, 0.1) is 12.3 Å². The maximum Gasteiger partial charge on any atom is 0.342 e. The number of fused-ring (bicyclic) bond motifs is 1. The fourth-order valence-corrected chi connectivity index (χ4v) is 1.84. The molecule has 20 heavy (non-hydrogen) atoms. The van der Waals surface area contributed by atoms with E-state index < -0.39 is 12.1 Å². The van der Waals surface area contributed by atoms with E-state index in [-0.39, 0.29) is 6.61 Å². The minimum absolute atomic E-state index is 0.217. The molecule has 0 aliphatic carbocycles. The van der Waals surface area contributed by atoms with Gasteiger partial charge in [-0.1, -0.05) is 0 Å². The van der Waals surface area contributed by atoms with Crippen molar-refractivity contribution >= 4 is 22.7 Å². The van der Waals surface area contributed by atoms with Gasteiger partial charge in [-0.2, -0.15) is 0 Å². The van der Waals surface area contributed by atoms with Crippen LogP contribution in [0.3, 0.4) is 0 Å². The number of carbonyl (C=O) groups excluding carboxylic acids is 1. The molecule has 6 nitrogen and oxygen atoms in total. The third-order valence-corrected chi connectivity index (χ3v) is 2.78. The molecule has 0 fully saturated rings. The zero-order valence-corrected chi connectivity index (χ0v) is 11.5. The van der Waals surface area contributed by atoms with Gasteiger partial charge in [-0.25, -0.2) is 14.8 Å². The first kappa shape index (κ1) is 14.2. The van der Waals surface area contributed by atoms with Gasteiger partial charge >= 0.3 is 5.97 Å². The van der Waals surface area contributed by atoms with Crippen LogP contribution in [0.2, 0.25) is 0 Å². The van der Waals surface area contributed by atoms with Crippen molar-refractivity contribution in [2.45, 2.75) is 20.0 Å². The van der Waals surface area contributed by atoms with Gasteiger partial charge in [0.1, 0.15) is 11.7 Å². The third kappa shape index (κ3) is 2.85. The number of hydrogen-bond donors (Lipinski definition) is 2. The van der Waals surface area contributed by atoms with Gasteiger partial charge in [0.2, 0.25) is 0 Å². The van der Waals surface area contributed by atoms with Crippen LogP contribution in [0, 0.1) is 0 Å². The van der Waals surface area contributed by atoms with E-state index in [0.717, 1.165) is 5.39 Å². The number of hydrogen-bond acceptors (Lipinski definition) is 6. The molecule has 0 aliphatic heterocycles. The largest absolute Gasteiger partial charge is 0.457 e. The molecule has 0 saturated heterocycles. The van der Waals surface area contributed by atoms with Crippen molar-refractivity contribution in [1.82, 2.24) is 9.97 Å². The van der Waals surface area contributed by atoms with Crippen LogP contribution in [0.25, 0.3) is 11.0 Å². The second-order valence-corrected chi connectivity index (χ2v) is 4.35. The standard InChI is InChI=1S/C14H17N3O3/c1-3-15-12-10-5-4-6-16-13(10)17-7-11(12)14(19)20-9(2)8-18/h4-7,9,18H,3,8H2,1-2H3,(H,15,16,17)/t9-/m0/s1. The Morgan fingerprint density at radius 1 is 1.50 bits per heavy atom. The molecule has 0 radical (unpaired) electrons. The van der Waals surface area contributed by atoms with Crippen LogP contribution in [0.5, 0.6) is 0 Å². The van der Waals surface area contributed by atoms with Gasteiger partial charge < -0.3 is 15.2 Å². The Hall–Kier alpha value is -2.21. The first-order chi connectivity index (χ1) is 9.67. The van der Waals surface area contributed by atoms with E-state index in [2.05, 4.69) is 15.3 Å². The summed E-state index contributed by atoms with van der Waals surface area (Å²) in [7, 11) is 0. The number of aliphatic hydroxyl groups excluding tert-OH is 1. The van der Waals surface area contributed by atoms with Crippen LogP contribution in [-0.2, 0) is 4.74 Å². The summed E-state index contributed by atoms with van der Waals surface area (Å²) >= 11 is 0. The van der Waals surface area contributed by atoms with Crippen LogP contribution >= 0.6 is 0 Å². The molecule has 2 aromatic rings. The fraction of sp³-hybridized carbons (Fsp3) is 0.357. The van der Waals surface area contributed by atoms with Crippen molar-refractivity contribution in [2.24, 2.45) is 0 Å². The lowest BCUT2D eigenvalue weighted by Crippen LogP contribution is -2.20. The molecule has 0 bridgehead atoms. The van der Waals surface area contributed by atoms with Crippen molar-refractivity contribution in [2.75, 3.05) is 18.5 Å². The monoisotopic (exact) mass is 275 g/mol. The third-order valence-electron chi connectivity index (χ3n) is 2.78. The number of pyridine rings is 2. The normalized spacial score (nSPS) is 12.2. The molecule has 1 atom stereocenters. The minimum atomic E-state index is -0.554. The molecule has 0 amide bonds. The molecule has 0 aliphatic rings. The van der Waals surface area contributed by atoms with E-state index in [9.17, 15) is 4.79 Å². The molecular weight excluding hydrogens is 258 g/mol. The highest BCUT2D eigenvalue weighted by Crippen LogP contribution is 2.25. The highest BCUT2D eigenvalue weighted by Gasteiger charge is 2.18. The second kappa shape index (κ2) is 6.29. The quantitative estimate of drug-likeness (QED) is 0.806. The molecule has 2 N–H and O–H groups in total. The summed E-state index contributed by atoms with van der Waals surface area (Å²) in [5.74, 6) is -0.513. The van der Waals surface area contributed by atoms with Crippen LogP contribution in [0.1, 0.15) is 24.2 Å². The number of aromatic nitrogens is 2. The summed E-state index contributed by atoms with van der Waals surface area (Å²) in [5.41, 5.74) is 1.56. The Morgan fingerprint density at radius 3 is 3.00 bits per heavy atom. The molecule has 0 aromatic carbocycles. The van der Waals surface area contributed by atoms with Gasteiger partial charge in [-0.05, 0) is 26.0 Å². The number of aliphatic hydroxyl groups is 1. The topological polar surface area (TPSA) is 84.3 Å². The van der Waals surface area contributed by atoms with E-state index >= 15 is 0 Å². The first-order valence-electron chi connectivity index (χ1n) is 6.46. The number of ether oxygens (including phenoxy) is 1. The van der Waals surface area contributed by atoms with E-state index in [1.807, 2.05) is 13.0 Å². The van der Waals surface area contributed by atoms with Crippen LogP contribution in [0.15, 0.2) is 24.5 Å². The molecule has 6 heteroatoms. The Kier molecular flexibility index (Phi) is 4.47. The van der Waals surface area contributed by atoms with Crippen molar-refractivity contribution in [3.63, 3.8) is 0 Å². The van der Waals surface area contributed by atoms with Gasteiger partial charge in [0, 0.05) is 24.3 Å². The Morgan fingerprint density at radius 2 is 2.30 bits per heavy atom. The van der Waals surface area contributed by atoms with Crippen LogP contribution < -0.4 is 5.32 Å². The van der Waals surface area contributed by atoms with Crippen molar-refractivity contribution < 1.29 is 14.6 Å². The first-order valence-corrected chi connectivity index (χ1v) is 6.46. The number of nitrogens with one attached hydrogen (secondary N) is 1. The smallest absolute Gasteiger partial charge is 0.342 e. The molecular formula is C14H17N3O3. The summed E-state index contributed by atoms with van der Waals surface area (Å²) in [6.45, 7) is 4.00. The maximum atomic E-state index is 12.1. The maximum absolute atomic E-state index is 12.1. The lowest BCUT2D eigenvalue weighted by molar-refractivity contribution is 0.0197. The van der Waals surface area contributed by atoms with Gasteiger partial charge in [-0.15, -0.1) is 0 Å². The molecule has 2 aromatic heterocycles. The number of carbonyl (C=O) groups is 1. The van der Waals surface area contributed by atoms with Crippen LogP contribution in [-0.4, -0.2) is 40.3 Å². The summed E-state index contributed by atoms with van der Waals surface area (Å²) in [6.07, 6.45) is 2.54. The van der Waals surface area contributed by atoms with E-state index in [1.54, 1.807) is 19.2 Å². The number of anilines is 1. The number of nitrogens with zero attached hydrogens (tertiary/aromatic N) is 2. The summed E-state index contributed by atoms with van der Waals surface area (Å²) in [6, 6.07) is 3.63. The van der Waals surface area contributed by atoms with Crippen molar-refractivity contribution in [3.8, 4) is 0 Å². The molecule has 0 unspecified atom stereocenters.